The molecule has 0 radical (unpaired) electrons. The van der Waals surface area contributed by atoms with Crippen molar-refractivity contribution in [3.8, 4) is 0 Å². The van der Waals surface area contributed by atoms with Crippen molar-refractivity contribution in [1.29, 1.82) is 0 Å². The zero-order valence-electron chi connectivity index (χ0n) is 17.1. The zero-order chi connectivity index (χ0) is 23.1. The molecule has 1 heterocycles. The molecule has 2 aromatic carbocycles. The number of nitrogens with zero attached hydrogens (tertiary/aromatic N) is 3. The van der Waals surface area contributed by atoms with Crippen LogP contribution in [-0.2, 0) is 9.59 Å². The molecule has 1 saturated heterocycles. The standard InChI is InChI=1S/C21H22ClN5O5/c22-16-4-6-17(7-5-16)25-8-10-26(11-9-25)20(29)14-23-19(28)13-24-21(30)15-2-1-3-18(12-15)27(31)32/h1-7,12H,8-11,13-14H2,(H,23,28)(H,24,30). The summed E-state index contributed by atoms with van der Waals surface area (Å²) in [6.45, 7) is 1.87. The van der Waals surface area contributed by atoms with Crippen LogP contribution in [0.5, 0.6) is 0 Å². The van der Waals surface area contributed by atoms with Crippen LogP contribution in [0.25, 0.3) is 0 Å². The van der Waals surface area contributed by atoms with E-state index in [2.05, 4.69) is 15.5 Å². The van der Waals surface area contributed by atoms with Crippen LogP contribution in [0.2, 0.25) is 5.02 Å². The van der Waals surface area contributed by atoms with Crippen LogP contribution in [0.15, 0.2) is 48.5 Å². The average molecular weight is 460 g/mol. The Labute approximate surface area is 189 Å². The minimum absolute atomic E-state index is 0.0710. The lowest BCUT2D eigenvalue weighted by Crippen LogP contribution is -2.51. The molecule has 0 spiro atoms. The topological polar surface area (TPSA) is 125 Å². The number of benzene rings is 2. The number of hydrogen-bond acceptors (Lipinski definition) is 6. The first-order chi connectivity index (χ1) is 15.3. The summed E-state index contributed by atoms with van der Waals surface area (Å²) in [6, 6.07) is 12.7. The third-order valence-corrected chi connectivity index (χ3v) is 5.24. The molecule has 1 aliphatic heterocycles. The Kier molecular flexibility index (Phi) is 7.61. The van der Waals surface area contributed by atoms with Crippen LogP contribution in [0.4, 0.5) is 11.4 Å². The lowest BCUT2D eigenvalue weighted by atomic mass is 10.2. The first-order valence-electron chi connectivity index (χ1n) is 9.91. The van der Waals surface area contributed by atoms with E-state index in [9.17, 15) is 24.5 Å². The van der Waals surface area contributed by atoms with E-state index in [1.807, 2.05) is 24.3 Å². The summed E-state index contributed by atoms with van der Waals surface area (Å²) in [5.74, 6) is -1.36. The second-order valence-corrected chi connectivity index (χ2v) is 7.55. The molecule has 32 heavy (non-hydrogen) atoms. The van der Waals surface area contributed by atoms with Gasteiger partial charge in [-0.3, -0.25) is 24.5 Å². The molecule has 0 bridgehead atoms. The van der Waals surface area contributed by atoms with Crippen LogP contribution < -0.4 is 15.5 Å². The van der Waals surface area contributed by atoms with Gasteiger partial charge in [-0.2, -0.15) is 0 Å². The van der Waals surface area contributed by atoms with Gasteiger partial charge in [-0.1, -0.05) is 17.7 Å². The van der Waals surface area contributed by atoms with E-state index in [4.69, 9.17) is 11.6 Å². The SMILES string of the molecule is O=C(CNC(=O)c1cccc([N+](=O)[O-])c1)NCC(=O)N1CCN(c2ccc(Cl)cc2)CC1. The summed E-state index contributed by atoms with van der Waals surface area (Å²) in [5.41, 5.74) is 0.889. The van der Waals surface area contributed by atoms with Crippen molar-refractivity contribution in [2.24, 2.45) is 0 Å². The maximum Gasteiger partial charge on any atom is 0.270 e. The van der Waals surface area contributed by atoms with Gasteiger partial charge in [0.05, 0.1) is 18.0 Å². The average Bonchev–Trinajstić information content (AvgIpc) is 2.81. The largest absolute Gasteiger partial charge is 0.368 e. The lowest BCUT2D eigenvalue weighted by molar-refractivity contribution is -0.384. The number of amides is 3. The normalized spacial score (nSPS) is 13.4. The number of rotatable bonds is 7. The molecule has 0 atom stereocenters. The van der Waals surface area contributed by atoms with E-state index in [0.29, 0.717) is 31.2 Å². The van der Waals surface area contributed by atoms with Gasteiger partial charge in [-0.15, -0.1) is 0 Å². The van der Waals surface area contributed by atoms with Gasteiger partial charge in [0.15, 0.2) is 0 Å². The van der Waals surface area contributed by atoms with Gasteiger partial charge in [-0.25, -0.2) is 0 Å². The Morgan fingerprint density at radius 2 is 1.66 bits per heavy atom. The summed E-state index contributed by atoms with van der Waals surface area (Å²) < 4.78 is 0. The molecule has 0 unspecified atom stereocenters. The molecule has 168 valence electrons. The number of hydrogen-bond donors (Lipinski definition) is 2. The van der Waals surface area contributed by atoms with Gasteiger partial charge in [0.2, 0.25) is 11.8 Å². The Bertz CT molecular complexity index is 1010. The summed E-state index contributed by atoms with van der Waals surface area (Å²) in [6.07, 6.45) is 0. The predicted molar refractivity (Wildman–Crippen MR) is 119 cm³/mol. The van der Waals surface area contributed by atoms with E-state index in [1.54, 1.807) is 4.90 Å². The highest BCUT2D eigenvalue weighted by molar-refractivity contribution is 6.30. The van der Waals surface area contributed by atoms with E-state index < -0.39 is 16.7 Å². The van der Waals surface area contributed by atoms with Gasteiger partial charge in [0.25, 0.3) is 11.6 Å². The minimum atomic E-state index is -0.617. The maximum atomic E-state index is 12.4. The number of carbonyl (C=O) groups is 3. The van der Waals surface area contributed by atoms with E-state index in [-0.39, 0.29) is 30.2 Å². The Morgan fingerprint density at radius 1 is 0.969 bits per heavy atom. The van der Waals surface area contributed by atoms with E-state index in [1.165, 1.54) is 18.2 Å². The van der Waals surface area contributed by atoms with Gasteiger partial charge in [0.1, 0.15) is 0 Å². The van der Waals surface area contributed by atoms with Crippen molar-refractivity contribution in [2.75, 3.05) is 44.2 Å². The fourth-order valence-corrected chi connectivity index (χ4v) is 3.36. The van der Waals surface area contributed by atoms with Crippen molar-refractivity contribution < 1.29 is 19.3 Å². The lowest BCUT2D eigenvalue weighted by Gasteiger charge is -2.36. The second kappa shape index (κ2) is 10.6. The van der Waals surface area contributed by atoms with Gasteiger partial charge < -0.3 is 20.4 Å². The Hall–Kier alpha value is -3.66. The van der Waals surface area contributed by atoms with E-state index >= 15 is 0 Å². The minimum Gasteiger partial charge on any atom is -0.368 e. The molecule has 1 fully saturated rings. The molecule has 1 aliphatic rings. The molecule has 0 saturated carbocycles. The molecule has 3 amide bonds. The number of carbonyl (C=O) groups excluding carboxylic acids is 3. The fourth-order valence-electron chi connectivity index (χ4n) is 3.24. The van der Waals surface area contributed by atoms with Crippen molar-refractivity contribution in [1.82, 2.24) is 15.5 Å². The summed E-state index contributed by atoms with van der Waals surface area (Å²) in [7, 11) is 0. The number of nitro benzene ring substituents is 1. The summed E-state index contributed by atoms with van der Waals surface area (Å²) in [4.78, 5) is 50.4. The van der Waals surface area contributed by atoms with Crippen molar-refractivity contribution in [3.05, 3.63) is 69.2 Å². The first kappa shape index (κ1) is 23.0. The fraction of sp³-hybridized carbons (Fsp3) is 0.286. The van der Waals surface area contributed by atoms with Crippen molar-refractivity contribution >= 4 is 40.7 Å². The van der Waals surface area contributed by atoms with Crippen LogP contribution >= 0.6 is 11.6 Å². The van der Waals surface area contributed by atoms with E-state index in [0.717, 1.165) is 11.8 Å². The molecular formula is C21H22ClN5O5. The summed E-state index contributed by atoms with van der Waals surface area (Å²) in [5, 5.41) is 16.3. The first-order valence-corrected chi connectivity index (χ1v) is 10.3. The van der Waals surface area contributed by atoms with Gasteiger partial charge in [0, 0.05) is 54.6 Å². The Morgan fingerprint density at radius 3 is 2.31 bits per heavy atom. The Balaban J connectivity index is 1.39. The molecular weight excluding hydrogens is 438 g/mol. The quantitative estimate of drug-likeness (QED) is 0.477. The number of nitrogens with one attached hydrogen (secondary N) is 2. The smallest absolute Gasteiger partial charge is 0.270 e. The molecule has 10 nitrogen and oxygen atoms in total. The highest BCUT2D eigenvalue weighted by atomic mass is 35.5. The van der Waals surface area contributed by atoms with Crippen LogP contribution in [0, 0.1) is 10.1 Å². The molecule has 2 N–H and O–H groups in total. The number of nitro groups is 1. The highest BCUT2D eigenvalue weighted by Crippen LogP contribution is 2.19. The van der Waals surface area contributed by atoms with Gasteiger partial charge in [-0.05, 0) is 30.3 Å². The number of non-ortho nitro benzene ring substituents is 1. The predicted octanol–water partition coefficient (Wildman–Crippen LogP) is 1.44. The maximum absolute atomic E-state index is 12.4. The van der Waals surface area contributed by atoms with Crippen molar-refractivity contribution in [2.45, 2.75) is 0 Å². The number of halogens is 1. The monoisotopic (exact) mass is 459 g/mol. The zero-order valence-corrected chi connectivity index (χ0v) is 17.9. The van der Waals surface area contributed by atoms with Gasteiger partial charge >= 0.3 is 0 Å². The van der Waals surface area contributed by atoms with Crippen LogP contribution in [0.3, 0.4) is 0 Å². The third-order valence-electron chi connectivity index (χ3n) is 4.99. The van der Waals surface area contributed by atoms with Crippen molar-refractivity contribution in [3.63, 3.8) is 0 Å². The summed E-state index contributed by atoms with van der Waals surface area (Å²) >= 11 is 5.91. The molecule has 3 rings (SSSR count). The molecule has 2 aromatic rings. The number of piperazine rings is 1. The second-order valence-electron chi connectivity index (χ2n) is 7.11. The third kappa shape index (κ3) is 6.17. The highest BCUT2D eigenvalue weighted by Gasteiger charge is 2.21. The number of anilines is 1. The molecule has 0 aromatic heterocycles. The van der Waals surface area contributed by atoms with Crippen LogP contribution in [-0.4, -0.2) is 66.8 Å². The molecule has 11 heteroatoms. The van der Waals surface area contributed by atoms with Crippen LogP contribution in [0.1, 0.15) is 10.4 Å². The molecule has 0 aliphatic carbocycles.